The van der Waals surface area contributed by atoms with Crippen molar-refractivity contribution >= 4 is 40.1 Å². The molecule has 2 heterocycles. The molecule has 0 unspecified atom stereocenters. The van der Waals surface area contributed by atoms with E-state index in [0.29, 0.717) is 28.9 Å². The molecule has 1 amide bonds. The first kappa shape index (κ1) is 20.2. The third-order valence-electron chi connectivity index (χ3n) is 4.36. The van der Waals surface area contributed by atoms with E-state index in [4.69, 9.17) is 16.3 Å². The second-order valence-corrected chi connectivity index (χ2v) is 8.01. The summed E-state index contributed by atoms with van der Waals surface area (Å²) < 4.78 is 25.3. The molecule has 3 rings (SSSR count). The van der Waals surface area contributed by atoms with Crippen LogP contribution in [0.4, 0.5) is 9.18 Å². The molecule has 1 aromatic carbocycles. The number of aromatic amines is 1. The number of carbonyl (C=O) groups excluding carboxylic acids is 2. The van der Waals surface area contributed by atoms with Gasteiger partial charge in [0, 0.05) is 24.0 Å². The number of nitrogens with zero attached hydrogens (tertiary/aromatic N) is 1. The van der Waals surface area contributed by atoms with Crippen molar-refractivity contribution in [1.82, 2.24) is 9.88 Å². The molecule has 0 fully saturated rings. The highest BCUT2D eigenvalue weighted by atomic mass is 35.5. The van der Waals surface area contributed by atoms with E-state index in [1.54, 1.807) is 20.8 Å². The van der Waals surface area contributed by atoms with E-state index < -0.39 is 23.5 Å². The van der Waals surface area contributed by atoms with E-state index in [2.05, 4.69) is 9.72 Å². The Balaban J connectivity index is 1.95. The van der Waals surface area contributed by atoms with Gasteiger partial charge in [-0.1, -0.05) is 17.7 Å². The summed E-state index contributed by atoms with van der Waals surface area (Å²) in [5.41, 5.74) is 0.541. The maximum atomic E-state index is 15.2. The molecular weight excluding hydrogens is 387 g/mol. The number of rotatable bonds is 2. The number of hydrogen-bond donors (Lipinski definition) is 1. The van der Waals surface area contributed by atoms with Crippen molar-refractivity contribution in [3.8, 4) is 0 Å². The lowest BCUT2D eigenvalue weighted by molar-refractivity contribution is 0.0272. The average Bonchev–Trinajstić information content (AvgIpc) is 3.09. The molecule has 0 aliphatic carbocycles. The van der Waals surface area contributed by atoms with Crippen LogP contribution in [0.2, 0.25) is 5.02 Å². The Kier molecular flexibility index (Phi) is 5.39. The van der Waals surface area contributed by atoms with Crippen LogP contribution >= 0.6 is 11.6 Å². The minimum absolute atomic E-state index is 0.114. The fourth-order valence-electron chi connectivity index (χ4n) is 3.09. The Morgan fingerprint density at radius 3 is 2.64 bits per heavy atom. The molecule has 0 radical (unpaired) electrons. The van der Waals surface area contributed by atoms with Gasteiger partial charge in [0.05, 0.1) is 17.6 Å². The number of benzene rings is 1. The minimum Gasteiger partial charge on any atom is -0.464 e. The molecular formula is C20H22ClFN2O4. The Labute approximate surface area is 167 Å². The lowest BCUT2D eigenvalue weighted by atomic mass is 9.99. The molecule has 1 aromatic heterocycles. The van der Waals surface area contributed by atoms with Crippen molar-refractivity contribution in [2.45, 2.75) is 32.8 Å². The lowest BCUT2D eigenvalue weighted by Crippen LogP contribution is -2.39. The Morgan fingerprint density at radius 1 is 1.29 bits per heavy atom. The van der Waals surface area contributed by atoms with Gasteiger partial charge in [-0.15, -0.1) is 0 Å². The summed E-state index contributed by atoms with van der Waals surface area (Å²) in [4.78, 5) is 28.4. The number of aromatic nitrogens is 1. The zero-order chi connectivity index (χ0) is 20.6. The van der Waals surface area contributed by atoms with Crippen LogP contribution in [0.1, 0.15) is 43.2 Å². The van der Waals surface area contributed by atoms with Crippen LogP contribution in [0.5, 0.6) is 0 Å². The average molecular weight is 409 g/mol. The number of methoxy groups -OCH3 is 1. The number of ether oxygens (including phenoxy) is 2. The predicted octanol–water partition coefficient (Wildman–Crippen LogP) is 4.77. The van der Waals surface area contributed by atoms with Gasteiger partial charge in [-0.2, -0.15) is 0 Å². The highest BCUT2D eigenvalue weighted by molar-refractivity contribution is 6.35. The van der Waals surface area contributed by atoms with Gasteiger partial charge in [0.1, 0.15) is 11.3 Å². The van der Waals surface area contributed by atoms with Crippen LogP contribution in [-0.4, -0.2) is 47.7 Å². The van der Waals surface area contributed by atoms with Crippen LogP contribution in [0.25, 0.3) is 16.5 Å². The second kappa shape index (κ2) is 7.47. The summed E-state index contributed by atoms with van der Waals surface area (Å²) in [5.74, 6) is -1.15. The van der Waals surface area contributed by atoms with Crippen LogP contribution in [0, 0.1) is 5.82 Å². The highest BCUT2D eigenvalue weighted by Crippen LogP contribution is 2.34. The number of nitrogens with one attached hydrogen (secondary N) is 1. The number of hydrogen-bond acceptors (Lipinski definition) is 4. The zero-order valence-corrected chi connectivity index (χ0v) is 16.9. The molecule has 0 saturated heterocycles. The van der Waals surface area contributed by atoms with Gasteiger partial charge in [0.25, 0.3) is 0 Å². The van der Waals surface area contributed by atoms with E-state index in [0.717, 1.165) is 0 Å². The Morgan fingerprint density at radius 2 is 2.00 bits per heavy atom. The molecule has 0 bridgehead atoms. The van der Waals surface area contributed by atoms with Gasteiger partial charge in [-0.05, 0) is 44.9 Å². The van der Waals surface area contributed by atoms with Gasteiger partial charge in [0.2, 0.25) is 0 Å². The third kappa shape index (κ3) is 3.99. The fraction of sp³-hybridized carbons (Fsp3) is 0.400. The second-order valence-electron chi connectivity index (χ2n) is 7.60. The van der Waals surface area contributed by atoms with Gasteiger partial charge < -0.3 is 19.4 Å². The van der Waals surface area contributed by atoms with Gasteiger partial charge in [-0.3, -0.25) is 0 Å². The molecule has 28 heavy (non-hydrogen) atoms. The molecule has 6 nitrogen and oxygen atoms in total. The predicted molar refractivity (Wildman–Crippen MR) is 105 cm³/mol. The van der Waals surface area contributed by atoms with Gasteiger partial charge >= 0.3 is 12.1 Å². The number of amides is 1. The topological polar surface area (TPSA) is 71.6 Å². The summed E-state index contributed by atoms with van der Waals surface area (Å²) >= 11 is 6.33. The quantitative estimate of drug-likeness (QED) is 0.726. The van der Waals surface area contributed by atoms with Crippen molar-refractivity contribution in [3.63, 3.8) is 0 Å². The van der Waals surface area contributed by atoms with Crippen LogP contribution in [0.15, 0.2) is 18.2 Å². The van der Waals surface area contributed by atoms with Crippen molar-refractivity contribution in [1.29, 1.82) is 0 Å². The molecule has 0 saturated carbocycles. The van der Waals surface area contributed by atoms with Gasteiger partial charge in [0.15, 0.2) is 5.82 Å². The summed E-state index contributed by atoms with van der Waals surface area (Å²) in [5, 5.41) is 0.691. The number of halogens is 2. The SMILES string of the molecule is COC(=O)c1cc2c(Cl)cc(C3=CCCN(C(=O)OC(C)(C)C)C3)c(F)c2[nH]1. The molecule has 1 N–H and O–H groups in total. The molecule has 1 aliphatic heterocycles. The summed E-state index contributed by atoms with van der Waals surface area (Å²) in [6.45, 7) is 6.08. The van der Waals surface area contributed by atoms with Crippen molar-refractivity contribution < 1.29 is 23.5 Å². The van der Waals surface area contributed by atoms with Crippen LogP contribution in [-0.2, 0) is 9.47 Å². The molecule has 2 aromatic rings. The molecule has 150 valence electrons. The van der Waals surface area contributed by atoms with Crippen LogP contribution < -0.4 is 0 Å². The molecule has 0 atom stereocenters. The van der Waals surface area contributed by atoms with Crippen molar-refractivity contribution in [2.24, 2.45) is 0 Å². The third-order valence-corrected chi connectivity index (χ3v) is 4.67. The van der Waals surface area contributed by atoms with E-state index in [9.17, 15) is 9.59 Å². The summed E-state index contributed by atoms with van der Waals surface area (Å²) in [7, 11) is 1.25. The number of fused-ring (bicyclic) bond motifs is 1. The Hall–Kier alpha value is -2.54. The minimum atomic E-state index is -0.611. The monoisotopic (exact) mass is 408 g/mol. The van der Waals surface area contributed by atoms with Crippen molar-refractivity contribution in [3.05, 3.63) is 40.3 Å². The summed E-state index contributed by atoms with van der Waals surface area (Å²) in [6, 6.07) is 2.97. The summed E-state index contributed by atoms with van der Waals surface area (Å²) in [6.07, 6.45) is 2.01. The first-order valence-electron chi connectivity index (χ1n) is 8.87. The molecule has 8 heteroatoms. The van der Waals surface area contributed by atoms with Crippen molar-refractivity contribution in [2.75, 3.05) is 20.2 Å². The van der Waals surface area contributed by atoms with E-state index in [1.807, 2.05) is 6.08 Å². The number of carbonyl (C=O) groups is 2. The first-order chi connectivity index (χ1) is 13.1. The largest absolute Gasteiger partial charge is 0.464 e. The fourth-order valence-corrected chi connectivity index (χ4v) is 3.35. The maximum absolute atomic E-state index is 15.2. The first-order valence-corrected chi connectivity index (χ1v) is 9.25. The highest BCUT2D eigenvalue weighted by Gasteiger charge is 2.27. The standard InChI is InChI=1S/C20H22ClFN2O4/c1-20(2,3)28-19(26)24-7-5-6-11(10-24)12-8-14(21)13-9-15(18(25)27-4)23-17(13)16(12)22/h6,8-9,23H,5,7,10H2,1-4H3. The van der Waals surface area contributed by atoms with E-state index in [-0.39, 0.29) is 23.3 Å². The zero-order valence-electron chi connectivity index (χ0n) is 16.2. The molecule has 0 spiro atoms. The smallest absolute Gasteiger partial charge is 0.410 e. The van der Waals surface area contributed by atoms with Crippen LogP contribution in [0.3, 0.4) is 0 Å². The normalized spacial score (nSPS) is 14.8. The number of H-pyrrole nitrogens is 1. The lowest BCUT2D eigenvalue weighted by Gasteiger charge is -2.30. The maximum Gasteiger partial charge on any atom is 0.410 e. The van der Waals surface area contributed by atoms with E-state index in [1.165, 1.54) is 24.1 Å². The number of esters is 1. The Bertz CT molecular complexity index is 975. The van der Waals surface area contributed by atoms with Gasteiger partial charge in [-0.25, -0.2) is 14.0 Å². The van der Waals surface area contributed by atoms with E-state index >= 15 is 4.39 Å². The molecule has 1 aliphatic rings.